The van der Waals surface area contributed by atoms with E-state index >= 15 is 0 Å². The predicted octanol–water partition coefficient (Wildman–Crippen LogP) is 0.927. The summed E-state index contributed by atoms with van der Waals surface area (Å²) in [5.74, 6) is -1.36. The summed E-state index contributed by atoms with van der Waals surface area (Å²) in [4.78, 5) is 29.6. The molecule has 1 aliphatic rings. The SMILES string of the molecule is O=C(NC1(C(=O)O)CCCCC1)c1cnc[nH]1. The van der Waals surface area contributed by atoms with Crippen LogP contribution in [-0.2, 0) is 4.79 Å². The highest BCUT2D eigenvalue weighted by molar-refractivity contribution is 5.96. The normalized spacial score (nSPS) is 18.6. The van der Waals surface area contributed by atoms with Gasteiger partial charge in [-0.3, -0.25) is 4.79 Å². The van der Waals surface area contributed by atoms with Gasteiger partial charge in [0.2, 0.25) is 0 Å². The summed E-state index contributed by atoms with van der Waals surface area (Å²) in [5, 5.41) is 11.9. The second kappa shape index (κ2) is 4.57. The van der Waals surface area contributed by atoms with Gasteiger partial charge in [0, 0.05) is 0 Å². The minimum atomic E-state index is -1.11. The van der Waals surface area contributed by atoms with Crippen molar-refractivity contribution >= 4 is 11.9 Å². The minimum absolute atomic E-state index is 0.288. The van der Waals surface area contributed by atoms with Crippen molar-refractivity contribution in [3.63, 3.8) is 0 Å². The van der Waals surface area contributed by atoms with Crippen LogP contribution < -0.4 is 5.32 Å². The lowest BCUT2D eigenvalue weighted by Gasteiger charge is -2.33. The molecule has 0 bridgehead atoms. The zero-order valence-corrected chi connectivity index (χ0v) is 9.40. The Labute approximate surface area is 98.4 Å². The Hall–Kier alpha value is -1.85. The number of aromatic nitrogens is 2. The number of carbonyl (C=O) groups is 2. The van der Waals surface area contributed by atoms with Crippen LogP contribution in [0, 0.1) is 0 Å². The fourth-order valence-corrected chi connectivity index (χ4v) is 2.21. The maximum Gasteiger partial charge on any atom is 0.329 e. The molecule has 0 radical (unpaired) electrons. The zero-order valence-electron chi connectivity index (χ0n) is 9.40. The van der Waals surface area contributed by atoms with Gasteiger partial charge < -0.3 is 15.4 Å². The van der Waals surface area contributed by atoms with Crippen molar-refractivity contribution in [3.05, 3.63) is 18.2 Å². The third-order valence-corrected chi connectivity index (χ3v) is 3.21. The standard InChI is InChI=1S/C11H15N3O3/c15-9(8-6-12-7-13-8)14-11(10(16)17)4-2-1-3-5-11/h6-7H,1-5H2,(H,12,13)(H,14,15)(H,16,17). The molecule has 6 nitrogen and oxygen atoms in total. The van der Waals surface area contributed by atoms with Gasteiger partial charge in [0.15, 0.2) is 0 Å². The van der Waals surface area contributed by atoms with E-state index in [4.69, 9.17) is 0 Å². The summed E-state index contributed by atoms with van der Waals surface area (Å²) in [5.41, 5.74) is -0.823. The van der Waals surface area contributed by atoms with Gasteiger partial charge in [0.25, 0.3) is 5.91 Å². The van der Waals surface area contributed by atoms with E-state index in [1.54, 1.807) is 0 Å². The van der Waals surface area contributed by atoms with E-state index in [0.717, 1.165) is 19.3 Å². The van der Waals surface area contributed by atoms with Crippen LogP contribution in [0.15, 0.2) is 12.5 Å². The summed E-state index contributed by atoms with van der Waals surface area (Å²) >= 11 is 0. The molecule has 1 heterocycles. The van der Waals surface area contributed by atoms with Crippen molar-refractivity contribution in [1.29, 1.82) is 0 Å². The van der Waals surface area contributed by atoms with Gasteiger partial charge in [-0.15, -0.1) is 0 Å². The molecule has 17 heavy (non-hydrogen) atoms. The molecule has 1 aliphatic carbocycles. The second-order valence-electron chi connectivity index (χ2n) is 4.37. The topological polar surface area (TPSA) is 95.1 Å². The first-order valence-electron chi connectivity index (χ1n) is 5.68. The highest BCUT2D eigenvalue weighted by Gasteiger charge is 2.41. The van der Waals surface area contributed by atoms with Crippen LogP contribution >= 0.6 is 0 Å². The van der Waals surface area contributed by atoms with Crippen molar-refractivity contribution in [2.75, 3.05) is 0 Å². The Bertz CT molecular complexity index is 408. The predicted molar refractivity (Wildman–Crippen MR) is 59.5 cm³/mol. The first kappa shape index (κ1) is 11.6. The van der Waals surface area contributed by atoms with Crippen molar-refractivity contribution in [1.82, 2.24) is 15.3 Å². The lowest BCUT2D eigenvalue weighted by molar-refractivity contribution is -0.145. The molecular weight excluding hydrogens is 222 g/mol. The number of nitrogens with one attached hydrogen (secondary N) is 2. The average Bonchev–Trinajstić information content (AvgIpc) is 2.83. The highest BCUT2D eigenvalue weighted by Crippen LogP contribution is 2.28. The van der Waals surface area contributed by atoms with Gasteiger partial charge in [-0.2, -0.15) is 0 Å². The Balaban J connectivity index is 2.13. The molecule has 1 aromatic rings. The van der Waals surface area contributed by atoms with Crippen molar-refractivity contribution in [2.24, 2.45) is 0 Å². The number of rotatable bonds is 3. The summed E-state index contributed by atoms with van der Waals surface area (Å²) in [6.45, 7) is 0. The third kappa shape index (κ3) is 2.30. The Morgan fingerprint density at radius 2 is 2.06 bits per heavy atom. The van der Waals surface area contributed by atoms with Crippen molar-refractivity contribution in [2.45, 2.75) is 37.6 Å². The van der Waals surface area contributed by atoms with Gasteiger partial charge in [-0.1, -0.05) is 19.3 Å². The van der Waals surface area contributed by atoms with Crippen LogP contribution in [0.4, 0.5) is 0 Å². The molecule has 0 saturated heterocycles. The molecular formula is C11H15N3O3. The maximum atomic E-state index is 11.8. The quantitative estimate of drug-likeness (QED) is 0.728. The van der Waals surface area contributed by atoms with Crippen molar-refractivity contribution in [3.8, 4) is 0 Å². The first-order chi connectivity index (χ1) is 8.14. The van der Waals surface area contributed by atoms with E-state index in [0.29, 0.717) is 12.8 Å². The molecule has 1 aromatic heterocycles. The molecule has 0 aromatic carbocycles. The summed E-state index contributed by atoms with van der Waals surface area (Å²) in [6, 6.07) is 0. The van der Waals surface area contributed by atoms with E-state index in [9.17, 15) is 14.7 Å². The number of nitrogens with zero attached hydrogens (tertiary/aromatic N) is 1. The molecule has 1 fully saturated rings. The molecule has 0 atom stereocenters. The number of aromatic amines is 1. The number of aliphatic carboxylic acids is 1. The van der Waals surface area contributed by atoms with Crippen LogP contribution in [0.3, 0.4) is 0 Å². The number of carbonyl (C=O) groups excluding carboxylic acids is 1. The molecule has 2 rings (SSSR count). The van der Waals surface area contributed by atoms with Crippen LogP contribution in [0.5, 0.6) is 0 Å². The summed E-state index contributed by atoms with van der Waals surface area (Å²) in [7, 11) is 0. The average molecular weight is 237 g/mol. The van der Waals surface area contributed by atoms with Gasteiger partial charge in [0.1, 0.15) is 11.2 Å². The molecule has 3 N–H and O–H groups in total. The van der Waals surface area contributed by atoms with Crippen LogP contribution in [0.1, 0.15) is 42.6 Å². The van der Waals surface area contributed by atoms with Crippen molar-refractivity contribution < 1.29 is 14.7 Å². The summed E-state index contributed by atoms with van der Waals surface area (Å²) < 4.78 is 0. The highest BCUT2D eigenvalue weighted by atomic mass is 16.4. The fourth-order valence-electron chi connectivity index (χ4n) is 2.21. The van der Waals surface area contributed by atoms with Gasteiger partial charge in [-0.25, -0.2) is 9.78 Å². The second-order valence-corrected chi connectivity index (χ2v) is 4.37. The Morgan fingerprint density at radius 1 is 1.35 bits per heavy atom. The Kier molecular flexibility index (Phi) is 3.12. The Morgan fingerprint density at radius 3 is 2.59 bits per heavy atom. The third-order valence-electron chi connectivity index (χ3n) is 3.21. The number of carboxylic acid groups (broad SMARTS) is 1. The van der Waals surface area contributed by atoms with E-state index in [1.807, 2.05) is 0 Å². The van der Waals surface area contributed by atoms with Gasteiger partial charge >= 0.3 is 5.97 Å². The molecule has 1 amide bonds. The first-order valence-corrected chi connectivity index (χ1v) is 5.68. The van der Waals surface area contributed by atoms with E-state index in [1.165, 1.54) is 12.5 Å². The van der Waals surface area contributed by atoms with E-state index in [2.05, 4.69) is 15.3 Å². The van der Waals surface area contributed by atoms with Crippen LogP contribution in [0.2, 0.25) is 0 Å². The lowest BCUT2D eigenvalue weighted by atomic mass is 9.81. The maximum absolute atomic E-state index is 11.8. The number of H-pyrrole nitrogens is 1. The minimum Gasteiger partial charge on any atom is -0.480 e. The number of amides is 1. The lowest BCUT2D eigenvalue weighted by Crippen LogP contribution is -2.55. The number of hydrogen-bond donors (Lipinski definition) is 3. The van der Waals surface area contributed by atoms with Crippen LogP contribution in [0.25, 0.3) is 0 Å². The number of imidazole rings is 1. The van der Waals surface area contributed by atoms with Gasteiger partial charge in [-0.05, 0) is 12.8 Å². The summed E-state index contributed by atoms with van der Waals surface area (Å²) in [6.07, 6.45) is 6.43. The molecule has 0 aliphatic heterocycles. The smallest absolute Gasteiger partial charge is 0.329 e. The molecule has 92 valence electrons. The van der Waals surface area contributed by atoms with E-state index < -0.39 is 17.4 Å². The van der Waals surface area contributed by atoms with E-state index in [-0.39, 0.29) is 5.69 Å². The molecule has 6 heteroatoms. The molecule has 0 spiro atoms. The monoisotopic (exact) mass is 237 g/mol. The van der Waals surface area contributed by atoms with Crippen LogP contribution in [-0.4, -0.2) is 32.5 Å². The van der Waals surface area contributed by atoms with Gasteiger partial charge in [0.05, 0.1) is 12.5 Å². The fraction of sp³-hybridized carbons (Fsp3) is 0.545. The molecule has 0 unspecified atom stereocenters. The number of carboxylic acids is 1. The zero-order chi connectivity index (χ0) is 12.3. The number of hydrogen-bond acceptors (Lipinski definition) is 3. The largest absolute Gasteiger partial charge is 0.480 e. The molecule has 1 saturated carbocycles.